The number of nitrogens with zero attached hydrogens (tertiary/aromatic N) is 4. The van der Waals surface area contributed by atoms with Gasteiger partial charge in [-0.25, -0.2) is 14.6 Å². The lowest BCUT2D eigenvalue weighted by atomic mass is 10.0. The highest BCUT2D eigenvalue weighted by Crippen LogP contribution is 2.36. The van der Waals surface area contributed by atoms with E-state index in [0.29, 0.717) is 22.6 Å². The number of ketones is 1. The van der Waals surface area contributed by atoms with Crippen LogP contribution in [-0.4, -0.2) is 26.1 Å². The molecule has 1 aromatic carbocycles. The minimum absolute atomic E-state index is 0.115. The summed E-state index contributed by atoms with van der Waals surface area (Å²) in [6.07, 6.45) is 0. The molecule has 0 saturated carbocycles. The number of aryl methyl sites for hydroxylation is 1. The maximum atomic E-state index is 12.3. The van der Waals surface area contributed by atoms with E-state index in [9.17, 15) is 4.79 Å². The first-order valence-electron chi connectivity index (χ1n) is 5.40. The molecule has 0 radical (unpaired) electrons. The van der Waals surface area contributed by atoms with Crippen molar-refractivity contribution in [2.45, 2.75) is 6.92 Å². The van der Waals surface area contributed by atoms with Crippen LogP contribution in [0.1, 0.15) is 21.6 Å². The standard InChI is InChI=1S/C12H6N4O2/c1-5-3-2-4-6-7(5)10(17)9-8(6)13-11-12(14-9)16-18-15-11/h2-4H,1H3. The number of benzene rings is 1. The number of fused-ring (bicyclic) bond motifs is 4. The van der Waals surface area contributed by atoms with Crippen LogP contribution in [0.25, 0.3) is 22.6 Å². The van der Waals surface area contributed by atoms with Gasteiger partial charge >= 0.3 is 0 Å². The van der Waals surface area contributed by atoms with Crippen LogP contribution in [-0.2, 0) is 0 Å². The van der Waals surface area contributed by atoms with E-state index in [2.05, 4.69) is 24.9 Å². The fraction of sp³-hybridized carbons (Fsp3) is 0.0833. The molecule has 0 N–H and O–H groups in total. The molecule has 86 valence electrons. The van der Waals surface area contributed by atoms with Crippen molar-refractivity contribution in [2.75, 3.05) is 0 Å². The van der Waals surface area contributed by atoms with Gasteiger partial charge in [0, 0.05) is 11.1 Å². The number of rotatable bonds is 0. The van der Waals surface area contributed by atoms with E-state index >= 15 is 0 Å². The Hall–Kier alpha value is -2.63. The molecule has 2 aromatic heterocycles. The summed E-state index contributed by atoms with van der Waals surface area (Å²) in [6.45, 7) is 1.90. The van der Waals surface area contributed by atoms with Gasteiger partial charge in [0.05, 0.1) is 0 Å². The topological polar surface area (TPSA) is 81.8 Å². The number of hydrogen-bond donors (Lipinski definition) is 0. The van der Waals surface area contributed by atoms with Gasteiger partial charge in [0.2, 0.25) is 17.1 Å². The SMILES string of the molecule is Cc1cccc2c1C(=O)c1nc3nonc3nc1-2. The average Bonchev–Trinajstić information content (AvgIpc) is 2.92. The molecule has 0 spiro atoms. The van der Waals surface area contributed by atoms with E-state index in [1.54, 1.807) is 0 Å². The first-order chi connectivity index (χ1) is 8.75. The lowest BCUT2D eigenvalue weighted by molar-refractivity contribution is 0.103. The van der Waals surface area contributed by atoms with E-state index in [4.69, 9.17) is 0 Å². The quantitative estimate of drug-likeness (QED) is 0.462. The Kier molecular flexibility index (Phi) is 1.56. The Morgan fingerprint density at radius 2 is 1.78 bits per heavy atom. The summed E-state index contributed by atoms with van der Waals surface area (Å²) in [6, 6.07) is 5.65. The monoisotopic (exact) mass is 238 g/mol. The van der Waals surface area contributed by atoms with Crippen LogP contribution < -0.4 is 0 Å². The lowest BCUT2D eigenvalue weighted by Gasteiger charge is -2.00. The molecule has 0 atom stereocenters. The van der Waals surface area contributed by atoms with Crippen LogP contribution in [0, 0.1) is 6.92 Å². The average molecular weight is 238 g/mol. The number of hydrogen-bond acceptors (Lipinski definition) is 6. The van der Waals surface area contributed by atoms with E-state index in [1.165, 1.54) is 0 Å². The second-order valence-electron chi connectivity index (χ2n) is 4.16. The molecule has 18 heavy (non-hydrogen) atoms. The number of aromatic nitrogens is 4. The smallest absolute Gasteiger partial charge is 0.244 e. The highest BCUT2D eigenvalue weighted by atomic mass is 16.6. The van der Waals surface area contributed by atoms with Crippen molar-refractivity contribution in [3.8, 4) is 11.3 Å². The van der Waals surface area contributed by atoms with Crippen LogP contribution in [0.4, 0.5) is 0 Å². The highest BCUT2D eigenvalue weighted by Gasteiger charge is 2.32. The van der Waals surface area contributed by atoms with Crippen molar-refractivity contribution < 1.29 is 9.42 Å². The van der Waals surface area contributed by atoms with Crippen molar-refractivity contribution >= 4 is 17.1 Å². The maximum absolute atomic E-state index is 12.3. The summed E-state index contributed by atoms with van der Waals surface area (Å²) < 4.78 is 4.55. The number of carbonyl (C=O) groups excluding carboxylic acids is 1. The molecule has 1 aliphatic carbocycles. The molecule has 4 rings (SSSR count). The second-order valence-corrected chi connectivity index (χ2v) is 4.16. The molecule has 3 aromatic rings. The summed E-state index contributed by atoms with van der Waals surface area (Å²) in [5.41, 5.74) is 3.83. The third-order valence-corrected chi connectivity index (χ3v) is 3.08. The van der Waals surface area contributed by atoms with Gasteiger partial charge in [-0.2, -0.15) is 0 Å². The fourth-order valence-electron chi connectivity index (χ4n) is 2.27. The van der Waals surface area contributed by atoms with Crippen molar-refractivity contribution in [2.24, 2.45) is 0 Å². The molecule has 6 nitrogen and oxygen atoms in total. The molecule has 0 fully saturated rings. The minimum atomic E-state index is -0.115. The molecular weight excluding hydrogens is 232 g/mol. The fourth-order valence-corrected chi connectivity index (χ4v) is 2.27. The lowest BCUT2D eigenvalue weighted by Crippen LogP contribution is -2.01. The summed E-state index contributed by atoms with van der Waals surface area (Å²) in [5.74, 6) is -0.115. The largest absolute Gasteiger partial charge is 0.287 e. The van der Waals surface area contributed by atoms with Crippen molar-refractivity contribution in [1.82, 2.24) is 20.3 Å². The Labute approximate surface area is 101 Å². The van der Waals surface area contributed by atoms with Crippen molar-refractivity contribution in [3.05, 3.63) is 35.0 Å². The van der Waals surface area contributed by atoms with E-state index in [0.717, 1.165) is 11.1 Å². The molecule has 2 heterocycles. The van der Waals surface area contributed by atoms with Crippen LogP contribution in [0.2, 0.25) is 0 Å². The molecule has 0 bridgehead atoms. The summed E-state index contributed by atoms with van der Waals surface area (Å²) in [4.78, 5) is 20.8. The Morgan fingerprint density at radius 3 is 2.56 bits per heavy atom. The first-order valence-corrected chi connectivity index (χ1v) is 5.40. The van der Waals surface area contributed by atoms with Gasteiger partial charge in [-0.3, -0.25) is 4.79 Å². The van der Waals surface area contributed by atoms with Gasteiger partial charge in [-0.05, 0) is 22.8 Å². The molecule has 1 aliphatic rings. The summed E-state index contributed by atoms with van der Waals surface area (Å²) >= 11 is 0. The zero-order chi connectivity index (χ0) is 12.3. The number of carbonyl (C=O) groups is 1. The van der Waals surface area contributed by atoms with Crippen LogP contribution in [0.15, 0.2) is 22.8 Å². The Bertz CT molecular complexity index is 822. The molecule has 0 unspecified atom stereocenters. The third kappa shape index (κ3) is 0.994. The highest BCUT2D eigenvalue weighted by molar-refractivity contribution is 6.21. The third-order valence-electron chi connectivity index (χ3n) is 3.08. The van der Waals surface area contributed by atoms with Crippen LogP contribution in [0.5, 0.6) is 0 Å². The van der Waals surface area contributed by atoms with Gasteiger partial charge in [0.25, 0.3) is 0 Å². The zero-order valence-electron chi connectivity index (χ0n) is 9.34. The van der Waals surface area contributed by atoms with Crippen LogP contribution in [0.3, 0.4) is 0 Å². The zero-order valence-corrected chi connectivity index (χ0v) is 9.34. The minimum Gasteiger partial charge on any atom is -0.287 e. The van der Waals surface area contributed by atoms with Gasteiger partial charge in [-0.1, -0.05) is 18.2 Å². The normalized spacial score (nSPS) is 12.8. The van der Waals surface area contributed by atoms with E-state index in [1.807, 2.05) is 25.1 Å². The van der Waals surface area contributed by atoms with E-state index < -0.39 is 0 Å². The summed E-state index contributed by atoms with van der Waals surface area (Å²) in [5, 5.41) is 7.25. The van der Waals surface area contributed by atoms with Crippen molar-refractivity contribution in [1.29, 1.82) is 0 Å². The van der Waals surface area contributed by atoms with Gasteiger partial charge in [0.15, 0.2) is 0 Å². The van der Waals surface area contributed by atoms with Gasteiger partial charge < -0.3 is 0 Å². The van der Waals surface area contributed by atoms with E-state index in [-0.39, 0.29) is 11.4 Å². The van der Waals surface area contributed by atoms with Crippen LogP contribution >= 0.6 is 0 Å². The second kappa shape index (κ2) is 2.98. The molecule has 0 amide bonds. The van der Waals surface area contributed by atoms with Crippen molar-refractivity contribution in [3.63, 3.8) is 0 Å². The Balaban J connectivity index is 2.15. The molecule has 0 aliphatic heterocycles. The van der Waals surface area contributed by atoms with Gasteiger partial charge in [0.1, 0.15) is 11.4 Å². The van der Waals surface area contributed by atoms with Gasteiger partial charge in [-0.15, -0.1) is 0 Å². The summed E-state index contributed by atoms with van der Waals surface area (Å²) in [7, 11) is 0. The predicted octanol–water partition coefficient (Wildman–Crippen LogP) is 1.53. The predicted molar refractivity (Wildman–Crippen MR) is 61.0 cm³/mol. The maximum Gasteiger partial charge on any atom is 0.244 e. The molecular formula is C12H6N4O2. The first kappa shape index (κ1) is 9.41. The molecule has 0 saturated heterocycles. The Morgan fingerprint density at radius 1 is 1.06 bits per heavy atom. The molecule has 6 heteroatoms.